The van der Waals surface area contributed by atoms with Crippen LogP contribution in [0.3, 0.4) is 0 Å². The second-order valence-electron chi connectivity index (χ2n) is 8.28. The molecule has 1 atom stereocenters. The van der Waals surface area contributed by atoms with Crippen molar-refractivity contribution >= 4 is 57.6 Å². The van der Waals surface area contributed by atoms with Crippen molar-refractivity contribution in [3.8, 4) is 5.75 Å². The molecule has 33 heavy (non-hydrogen) atoms. The van der Waals surface area contributed by atoms with Gasteiger partial charge in [-0.3, -0.25) is 9.59 Å². The minimum Gasteiger partial charge on any atom is -0.484 e. The molecule has 0 aliphatic heterocycles. The number of nitrogens with zero attached hydrogens (tertiary/aromatic N) is 1. The van der Waals surface area contributed by atoms with Gasteiger partial charge in [0.2, 0.25) is 5.91 Å². The Balaban J connectivity index is 1.77. The number of halogens is 3. The van der Waals surface area contributed by atoms with Crippen molar-refractivity contribution in [1.29, 1.82) is 0 Å². The second kappa shape index (κ2) is 12.8. The molecule has 0 bridgehead atoms. The number of hydrogen-bond donors (Lipinski definition) is 1. The van der Waals surface area contributed by atoms with E-state index in [1.165, 1.54) is 6.42 Å². The van der Waals surface area contributed by atoms with Crippen LogP contribution in [0, 0.1) is 3.57 Å². The maximum Gasteiger partial charge on any atom is 0.261 e. The van der Waals surface area contributed by atoms with Crippen molar-refractivity contribution in [1.82, 2.24) is 10.2 Å². The Morgan fingerprint density at radius 2 is 1.79 bits per heavy atom. The number of amides is 2. The lowest BCUT2D eigenvalue weighted by Crippen LogP contribution is -2.52. The fraction of sp³-hybridized carbons (Fsp3) is 0.440. The molecule has 0 heterocycles. The summed E-state index contributed by atoms with van der Waals surface area (Å²) in [5.41, 5.74) is 0.802. The first-order chi connectivity index (χ1) is 15.9. The highest BCUT2D eigenvalue weighted by atomic mass is 127. The highest BCUT2D eigenvalue weighted by Gasteiger charge is 2.30. The van der Waals surface area contributed by atoms with Crippen LogP contribution in [0.2, 0.25) is 10.0 Å². The number of carbonyl (C=O) groups excluding carboxylic acids is 2. The Morgan fingerprint density at radius 1 is 1.09 bits per heavy atom. The van der Waals surface area contributed by atoms with Gasteiger partial charge in [-0.05, 0) is 83.8 Å². The van der Waals surface area contributed by atoms with E-state index in [0.717, 1.165) is 34.8 Å². The third-order valence-corrected chi connectivity index (χ3v) is 7.31. The Hall–Kier alpha value is -1.51. The lowest BCUT2D eigenvalue weighted by Gasteiger charge is -2.32. The molecule has 0 radical (unpaired) electrons. The van der Waals surface area contributed by atoms with E-state index >= 15 is 0 Å². The molecular formula is C25H29Cl2IN2O3. The zero-order valence-electron chi connectivity index (χ0n) is 18.7. The normalized spacial score (nSPS) is 15.0. The summed E-state index contributed by atoms with van der Waals surface area (Å²) >= 11 is 14.5. The van der Waals surface area contributed by atoms with Gasteiger partial charge in [-0.25, -0.2) is 0 Å². The molecule has 8 heteroatoms. The number of rotatable bonds is 9. The van der Waals surface area contributed by atoms with E-state index in [1.807, 2.05) is 37.3 Å². The van der Waals surface area contributed by atoms with Crippen LogP contribution in [0.5, 0.6) is 5.75 Å². The Kier molecular flexibility index (Phi) is 10.1. The Morgan fingerprint density at radius 3 is 2.42 bits per heavy atom. The molecule has 0 unspecified atom stereocenters. The molecule has 5 nitrogen and oxygen atoms in total. The van der Waals surface area contributed by atoms with Crippen molar-refractivity contribution < 1.29 is 14.3 Å². The summed E-state index contributed by atoms with van der Waals surface area (Å²) in [6.45, 7) is 2.00. The molecule has 0 spiro atoms. The second-order valence-corrected chi connectivity index (χ2v) is 10.3. The first-order valence-corrected chi connectivity index (χ1v) is 13.1. The predicted molar refractivity (Wildman–Crippen MR) is 141 cm³/mol. The quantitative estimate of drug-likeness (QED) is 0.346. The van der Waals surface area contributed by atoms with Crippen molar-refractivity contribution in [2.75, 3.05) is 6.61 Å². The number of nitrogens with one attached hydrogen (secondary N) is 1. The average Bonchev–Trinajstić information content (AvgIpc) is 2.81. The number of ether oxygens (including phenoxy) is 1. The van der Waals surface area contributed by atoms with Gasteiger partial charge >= 0.3 is 0 Å². The molecular weight excluding hydrogens is 574 g/mol. The summed E-state index contributed by atoms with van der Waals surface area (Å²) in [5.74, 6) is 0.232. The third-order valence-electron chi connectivity index (χ3n) is 5.85. The average molecular weight is 603 g/mol. The van der Waals surface area contributed by atoms with Gasteiger partial charge in [0.1, 0.15) is 11.8 Å². The molecule has 0 saturated heterocycles. The SMILES string of the molecule is CC[C@H](C(=O)NC1CCCCC1)N(Cc1ccc(Cl)c(Cl)c1)C(=O)COc1ccc(I)cc1. The van der Waals surface area contributed by atoms with E-state index in [4.69, 9.17) is 27.9 Å². The molecule has 1 saturated carbocycles. The van der Waals surface area contributed by atoms with Gasteiger partial charge in [-0.2, -0.15) is 0 Å². The molecule has 2 aromatic carbocycles. The van der Waals surface area contributed by atoms with Crippen molar-refractivity contribution in [3.63, 3.8) is 0 Å². The number of carbonyl (C=O) groups is 2. The molecule has 1 fully saturated rings. The summed E-state index contributed by atoms with van der Waals surface area (Å²) < 4.78 is 6.82. The van der Waals surface area contributed by atoms with Gasteiger partial charge in [0.05, 0.1) is 10.0 Å². The zero-order valence-corrected chi connectivity index (χ0v) is 22.3. The molecule has 1 N–H and O–H groups in total. The van der Waals surface area contributed by atoms with E-state index in [2.05, 4.69) is 27.9 Å². The molecule has 178 valence electrons. The van der Waals surface area contributed by atoms with Crippen LogP contribution in [0.15, 0.2) is 42.5 Å². The van der Waals surface area contributed by atoms with Crippen molar-refractivity contribution in [2.24, 2.45) is 0 Å². The standard InChI is InChI=1S/C25H29Cl2IN2O3/c1-2-23(25(32)29-19-6-4-3-5-7-19)30(15-17-8-13-21(26)22(27)14-17)24(31)16-33-20-11-9-18(28)10-12-20/h8-14,19,23H,2-7,15-16H2,1H3,(H,29,32)/t23-/m1/s1. The highest BCUT2D eigenvalue weighted by molar-refractivity contribution is 14.1. The van der Waals surface area contributed by atoms with E-state index < -0.39 is 6.04 Å². The van der Waals surface area contributed by atoms with Gasteiger partial charge in [0, 0.05) is 16.2 Å². The molecule has 1 aliphatic rings. The molecule has 3 rings (SSSR count). The van der Waals surface area contributed by atoms with Gasteiger partial charge in [-0.15, -0.1) is 0 Å². The van der Waals surface area contributed by atoms with E-state index in [0.29, 0.717) is 22.2 Å². The first-order valence-electron chi connectivity index (χ1n) is 11.3. The minimum atomic E-state index is -0.603. The summed E-state index contributed by atoms with van der Waals surface area (Å²) in [5, 5.41) is 4.03. The van der Waals surface area contributed by atoms with Crippen LogP contribution >= 0.6 is 45.8 Å². The molecule has 2 aromatic rings. The lowest BCUT2D eigenvalue weighted by atomic mass is 9.95. The maximum absolute atomic E-state index is 13.3. The van der Waals surface area contributed by atoms with Crippen LogP contribution in [-0.2, 0) is 16.1 Å². The third kappa shape index (κ3) is 7.76. The maximum atomic E-state index is 13.3. The van der Waals surface area contributed by atoms with Gasteiger partial charge in [0.15, 0.2) is 6.61 Å². The van der Waals surface area contributed by atoms with Crippen LogP contribution < -0.4 is 10.1 Å². The fourth-order valence-electron chi connectivity index (χ4n) is 4.06. The largest absolute Gasteiger partial charge is 0.484 e. The zero-order chi connectivity index (χ0) is 23.8. The molecule has 1 aliphatic carbocycles. The van der Waals surface area contributed by atoms with Crippen LogP contribution in [0.1, 0.15) is 51.0 Å². The van der Waals surface area contributed by atoms with E-state index in [-0.39, 0.29) is 31.0 Å². The summed E-state index contributed by atoms with van der Waals surface area (Å²) in [4.78, 5) is 28.1. The highest BCUT2D eigenvalue weighted by Crippen LogP contribution is 2.25. The summed E-state index contributed by atoms with van der Waals surface area (Å²) in [6.07, 6.45) is 5.92. The minimum absolute atomic E-state index is 0.118. The Labute approximate surface area is 219 Å². The predicted octanol–water partition coefficient (Wildman–Crippen LogP) is 6.23. The lowest BCUT2D eigenvalue weighted by molar-refractivity contribution is -0.143. The van der Waals surface area contributed by atoms with Crippen LogP contribution in [0.4, 0.5) is 0 Å². The van der Waals surface area contributed by atoms with E-state index in [9.17, 15) is 9.59 Å². The summed E-state index contributed by atoms with van der Waals surface area (Å²) in [7, 11) is 0. The number of benzene rings is 2. The first kappa shape index (κ1) is 26.1. The number of hydrogen-bond acceptors (Lipinski definition) is 3. The van der Waals surface area contributed by atoms with Gasteiger partial charge in [0.25, 0.3) is 5.91 Å². The molecule has 0 aromatic heterocycles. The smallest absolute Gasteiger partial charge is 0.261 e. The monoisotopic (exact) mass is 602 g/mol. The van der Waals surface area contributed by atoms with E-state index in [1.54, 1.807) is 17.0 Å². The van der Waals surface area contributed by atoms with Gasteiger partial charge in [-0.1, -0.05) is 55.5 Å². The fourth-order valence-corrected chi connectivity index (χ4v) is 4.74. The van der Waals surface area contributed by atoms with Crippen LogP contribution in [0.25, 0.3) is 0 Å². The molecule has 2 amide bonds. The topological polar surface area (TPSA) is 58.6 Å². The van der Waals surface area contributed by atoms with Crippen molar-refractivity contribution in [2.45, 2.75) is 64.1 Å². The Bertz CT molecular complexity index is 949. The van der Waals surface area contributed by atoms with Gasteiger partial charge < -0.3 is 15.0 Å². The van der Waals surface area contributed by atoms with Crippen LogP contribution in [-0.4, -0.2) is 35.4 Å². The van der Waals surface area contributed by atoms with Crippen molar-refractivity contribution in [3.05, 3.63) is 61.6 Å². The summed E-state index contributed by atoms with van der Waals surface area (Å²) in [6, 6.07) is 12.3.